The molecule has 2 rings (SSSR count). The maximum atomic E-state index is 11.6. The molecule has 0 aliphatic carbocycles. The van der Waals surface area contributed by atoms with Crippen LogP contribution < -0.4 is 11.5 Å². The summed E-state index contributed by atoms with van der Waals surface area (Å²) in [6.45, 7) is 7.68. The monoisotopic (exact) mass is 281 g/mol. The van der Waals surface area contributed by atoms with Crippen LogP contribution in [0, 0.1) is 12.3 Å². The normalized spacial score (nSPS) is 27.4. The number of amides is 1. The maximum absolute atomic E-state index is 11.6. The Kier molecular flexibility index (Phi) is 3.99. The van der Waals surface area contributed by atoms with Crippen LogP contribution >= 0.6 is 11.3 Å². The lowest BCUT2D eigenvalue weighted by Gasteiger charge is -2.32. The van der Waals surface area contributed by atoms with E-state index in [9.17, 15) is 4.79 Å². The molecule has 0 spiro atoms. The highest BCUT2D eigenvalue weighted by molar-refractivity contribution is 7.10. The lowest BCUT2D eigenvalue weighted by molar-refractivity contribution is -0.126. The van der Waals surface area contributed by atoms with Crippen LogP contribution in [0.25, 0.3) is 0 Å². The molecule has 5 heteroatoms. The van der Waals surface area contributed by atoms with E-state index in [1.807, 2.05) is 13.8 Å². The summed E-state index contributed by atoms with van der Waals surface area (Å²) in [7, 11) is 0. The highest BCUT2D eigenvalue weighted by atomic mass is 32.1. The highest BCUT2D eigenvalue weighted by Gasteiger charge is 2.42. The molecule has 1 saturated heterocycles. The van der Waals surface area contributed by atoms with Crippen LogP contribution in [0.4, 0.5) is 0 Å². The summed E-state index contributed by atoms with van der Waals surface area (Å²) in [5, 5.41) is 2.10. The molecule has 3 unspecified atom stereocenters. The van der Waals surface area contributed by atoms with Crippen molar-refractivity contribution in [1.82, 2.24) is 4.90 Å². The number of nitrogens with two attached hydrogens (primary N) is 2. The highest BCUT2D eigenvalue weighted by Crippen LogP contribution is 2.38. The predicted octanol–water partition coefficient (Wildman–Crippen LogP) is 1.64. The standard InChI is InChI=1S/C14H23N3OS/c1-9-4-7-19-12(9)11(10(2)15)17-6-5-14(3,8-17)13(16)18/h4,7,10-11H,5-6,8,15H2,1-3H3,(H2,16,18). The van der Waals surface area contributed by atoms with E-state index in [-0.39, 0.29) is 18.0 Å². The predicted molar refractivity (Wildman–Crippen MR) is 78.9 cm³/mol. The molecule has 1 aliphatic rings. The summed E-state index contributed by atoms with van der Waals surface area (Å²) < 4.78 is 0. The number of likely N-dealkylation sites (tertiary alicyclic amines) is 1. The molecular formula is C14H23N3OS. The van der Waals surface area contributed by atoms with E-state index >= 15 is 0 Å². The summed E-state index contributed by atoms with van der Waals surface area (Å²) in [6, 6.07) is 2.34. The average molecular weight is 281 g/mol. The molecule has 0 bridgehead atoms. The third kappa shape index (κ3) is 2.68. The Balaban J connectivity index is 2.24. The Morgan fingerprint density at radius 3 is 2.68 bits per heavy atom. The van der Waals surface area contributed by atoms with Crippen molar-refractivity contribution in [2.45, 2.75) is 39.3 Å². The van der Waals surface area contributed by atoms with Crippen molar-refractivity contribution in [3.8, 4) is 0 Å². The average Bonchev–Trinajstić information content (AvgIpc) is 2.88. The van der Waals surface area contributed by atoms with Crippen LogP contribution in [-0.4, -0.2) is 29.9 Å². The Labute approximate surface area is 118 Å². The third-order valence-electron chi connectivity index (χ3n) is 4.16. The molecular weight excluding hydrogens is 258 g/mol. The Morgan fingerprint density at radius 1 is 1.58 bits per heavy atom. The second-order valence-electron chi connectivity index (χ2n) is 5.92. The molecule has 4 N–H and O–H groups in total. The third-order valence-corrected chi connectivity index (χ3v) is 5.25. The summed E-state index contributed by atoms with van der Waals surface area (Å²) >= 11 is 1.74. The van der Waals surface area contributed by atoms with E-state index in [1.54, 1.807) is 11.3 Å². The van der Waals surface area contributed by atoms with E-state index in [4.69, 9.17) is 11.5 Å². The van der Waals surface area contributed by atoms with E-state index in [2.05, 4.69) is 23.3 Å². The van der Waals surface area contributed by atoms with Crippen LogP contribution in [0.5, 0.6) is 0 Å². The van der Waals surface area contributed by atoms with Crippen molar-refractivity contribution >= 4 is 17.2 Å². The van der Waals surface area contributed by atoms with E-state index in [0.29, 0.717) is 6.54 Å². The van der Waals surface area contributed by atoms with Crippen molar-refractivity contribution in [2.24, 2.45) is 16.9 Å². The van der Waals surface area contributed by atoms with Gasteiger partial charge in [-0.3, -0.25) is 9.69 Å². The molecule has 1 aromatic heterocycles. The lowest BCUT2D eigenvalue weighted by atomic mass is 9.89. The Morgan fingerprint density at radius 2 is 2.26 bits per heavy atom. The topological polar surface area (TPSA) is 72.3 Å². The van der Waals surface area contributed by atoms with Crippen LogP contribution in [0.15, 0.2) is 11.4 Å². The quantitative estimate of drug-likeness (QED) is 0.881. The van der Waals surface area contributed by atoms with Crippen LogP contribution in [-0.2, 0) is 4.79 Å². The molecule has 0 aromatic carbocycles. The fourth-order valence-electron chi connectivity index (χ4n) is 2.86. The van der Waals surface area contributed by atoms with Gasteiger partial charge in [0, 0.05) is 17.5 Å². The van der Waals surface area contributed by atoms with Crippen molar-refractivity contribution in [1.29, 1.82) is 0 Å². The van der Waals surface area contributed by atoms with Gasteiger partial charge in [-0.25, -0.2) is 0 Å². The Hall–Kier alpha value is -0.910. The molecule has 1 aromatic rings. The largest absolute Gasteiger partial charge is 0.369 e. The number of carbonyl (C=O) groups excluding carboxylic acids is 1. The minimum absolute atomic E-state index is 0.0348. The fraction of sp³-hybridized carbons (Fsp3) is 0.643. The number of thiophene rings is 1. The second-order valence-corrected chi connectivity index (χ2v) is 6.86. The van der Waals surface area contributed by atoms with Crippen molar-refractivity contribution in [2.75, 3.05) is 13.1 Å². The SMILES string of the molecule is Cc1ccsc1C(C(C)N)N1CCC(C)(C(N)=O)C1. The molecule has 1 amide bonds. The summed E-state index contributed by atoms with van der Waals surface area (Å²) in [6.07, 6.45) is 0.815. The lowest BCUT2D eigenvalue weighted by Crippen LogP contribution is -2.42. The first-order chi connectivity index (χ1) is 8.85. The van der Waals surface area contributed by atoms with Gasteiger partial charge in [-0.1, -0.05) is 0 Å². The van der Waals surface area contributed by atoms with Gasteiger partial charge >= 0.3 is 0 Å². The van der Waals surface area contributed by atoms with Gasteiger partial charge in [-0.2, -0.15) is 0 Å². The van der Waals surface area contributed by atoms with Gasteiger partial charge in [0.2, 0.25) is 5.91 Å². The van der Waals surface area contributed by atoms with Gasteiger partial charge < -0.3 is 11.5 Å². The van der Waals surface area contributed by atoms with Crippen molar-refractivity contribution in [3.05, 3.63) is 21.9 Å². The van der Waals surface area contributed by atoms with Crippen LogP contribution in [0.2, 0.25) is 0 Å². The first kappa shape index (κ1) is 14.5. The molecule has 1 fully saturated rings. The van der Waals surface area contributed by atoms with Gasteiger partial charge in [0.25, 0.3) is 0 Å². The number of nitrogens with zero attached hydrogens (tertiary/aromatic N) is 1. The molecule has 106 valence electrons. The molecule has 4 nitrogen and oxygen atoms in total. The smallest absolute Gasteiger partial charge is 0.224 e. The number of aryl methyl sites for hydroxylation is 1. The maximum Gasteiger partial charge on any atom is 0.224 e. The minimum Gasteiger partial charge on any atom is -0.369 e. The van der Waals surface area contributed by atoms with E-state index < -0.39 is 5.41 Å². The first-order valence-corrected chi connectivity index (χ1v) is 7.56. The second kappa shape index (κ2) is 5.23. The number of carbonyl (C=O) groups is 1. The summed E-state index contributed by atoms with van der Waals surface area (Å²) in [5.74, 6) is -0.207. The molecule has 0 radical (unpaired) electrons. The molecule has 3 atom stereocenters. The zero-order valence-electron chi connectivity index (χ0n) is 11.8. The van der Waals surface area contributed by atoms with Gasteiger partial charge in [-0.15, -0.1) is 11.3 Å². The van der Waals surface area contributed by atoms with E-state index in [0.717, 1.165) is 13.0 Å². The van der Waals surface area contributed by atoms with Crippen LogP contribution in [0.1, 0.15) is 36.8 Å². The van der Waals surface area contributed by atoms with Gasteiger partial charge in [-0.05, 0) is 50.7 Å². The number of primary amides is 1. The number of rotatable bonds is 4. The van der Waals surface area contributed by atoms with Crippen molar-refractivity contribution in [3.63, 3.8) is 0 Å². The van der Waals surface area contributed by atoms with Gasteiger partial charge in [0.15, 0.2) is 0 Å². The zero-order valence-corrected chi connectivity index (χ0v) is 12.7. The summed E-state index contributed by atoms with van der Waals surface area (Å²) in [5.41, 5.74) is 12.6. The minimum atomic E-state index is -0.418. The molecule has 1 aliphatic heterocycles. The van der Waals surface area contributed by atoms with E-state index in [1.165, 1.54) is 10.4 Å². The molecule has 19 heavy (non-hydrogen) atoms. The van der Waals surface area contributed by atoms with Crippen molar-refractivity contribution < 1.29 is 4.79 Å². The fourth-order valence-corrected chi connectivity index (χ4v) is 4.04. The first-order valence-electron chi connectivity index (χ1n) is 6.69. The Bertz CT molecular complexity index is 471. The zero-order chi connectivity index (χ0) is 14.2. The summed E-state index contributed by atoms with van der Waals surface area (Å²) in [4.78, 5) is 15.2. The van der Waals surface area contributed by atoms with Gasteiger partial charge in [0.1, 0.15) is 0 Å². The number of hydrogen-bond acceptors (Lipinski definition) is 4. The molecule has 0 saturated carbocycles. The molecule has 2 heterocycles. The van der Waals surface area contributed by atoms with Crippen LogP contribution in [0.3, 0.4) is 0 Å². The van der Waals surface area contributed by atoms with Gasteiger partial charge in [0.05, 0.1) is 11.5 Å². The number of hydrogen-bond donors (Lipinski definition) is 2.